The molecule has 4 aromatic heterocycles. The molecule has 148 valence electrons. The first-order valence-corrected chi connectivity index (χ1v) is 9.85. The van der Waals surface area contributed by atoms with Gasteiger partial charge in [-0.15, -0.1) is 0 Å². The lowest BCUT2D eigenvalue weighted by atomic mass is 9.93. The molecule has 1 unspecified atom stereocenters. The lowest BCUT2D eigenvalue weighted by Gasteiger charge is -2.24. The predicted octanol–water partition coefficient (Wildman–Crippen LogP) is 3.75. The van der Waals surface area contributed by atoms with Crippen LogP contribution in [-0.4, -0.2) is 35.8 Å². The largest absolute Gasteiger partial charge is 0.367 e. The molecular weight excluding hydrogens is 369 g/mol. The molecule has 0 saturated heterocycles. The van der Waals surface area contributed by atoms with Gasteiger partial charge in [-0.3, -0.25) is 10.1 Å². The molecular formula is C21H22FN7. The number of pyridine rings is 1. The number of aryl methyl sites for hydroxylation is 1. The van der Waals surface area contributed by atoms with Crippen molar-refractivity contribution in [2.75, 3.05) is 5.32 Å². The first kappa shape index (κ1) is 17.8. The third kappa shape index (κ3) is 3.24. The summed E-state index contributed by atoms with van der Waals surface area (Å²) in [5.74, 6) is 0.742. The Kier molecular flexibility index (Phi) is 4.26. The Hall–Kier alpha value is -3.29. The summed E-state index contributed by atoms with van der Waals surface area (Å²) in [5.41, 5.74) is 5.62. The summed E-state index contributed by atoms with van der Waals surface area (Å²) in [6, 6.07) is 3.64. The van der Waals surface area contributed by atoms with Crippen LogP contribution in [0.5, 0.6) is 0 Å². The maximum atomic E-state index is 13.8. The van der Waals surface area contributed by atoms with E-state index in [-0.39, 0.29) is 17.8 Å². The third-order valence-electron chi connectivity index (χ3n) is 5.49. The van der Waals surface area contributed by atoms with Crippen molar-refractivity contribution in [2.24, 2.45) is 0 Å². The second-order valence-corrected chi connectivity index (χ2v) is 7.87. The highest BCUT2D eigenvalue weighted by molar-refractivity contribution is 5.67. The highest BCUT2D eigenvalue weighted by Gasteiger charge is 2.22. The van der Waals surface area contributed by atoms with E-state index >= 15 is 0 Å². The van der Waals surface area contributed by atoms with Crippen molar-refractivity contribution in [3.63, 3.8) is 0 Å². The molecule has 4 heterocycles. The normalized spacial score (nSPS) is 16.3. The molecule has 1 aliphatic rings. The lowest BCUT2D eigenvalue weighted by molar-refractivity contribution is 0.600. The number of nitrogens with zero attached hydrogens (tertiary/aromatic N) is 5. The SMILES string of the molecule is CC(C)c1cnn2c(NC3CCc4[nH]ncc4C3)cc(-c3cncc(F)c3)nc12. The number of rotatable bonds is 4. The van der Waals surface area contributed by atoms with Crippen LogP contribution >= 0.6 is 0 Å². The number of H-pyrrole nitrogens is 1. The number of halogens is 1. The van der Waals surface area contributed by atoms with E-state index in [9.17, 15) is 4.39 Å². The molecule has 0 aliphatic heterocycles. The average molecular weight is 391 g/mol. The van der Waals surface area contributed by atoms with Crippen LogP contribution in [0.15, 0.2) is 36.9 Å². The van der Waals surface area contributed by atoms with E-state index in [1.54, 1.807) is 6.20 Å². The van der Waals surface area contributed by atoms with Crippen LogP contribution < -0.4 is 5.32 Å². The van der Waals surface area contributed by atoms with Gasteiger partial charge < -0.3 is 5.32 Å². The van der Waals surface area contributed by atoms with Crippen LogP contribution in [0.25, 0.3) is 16.9 Å². The van der Waals surface area contributed by atoms with Crippen LogP contribution in [-0.2, 0) is 12.8 Å². The fourth-order valence-corrected chi connectivity index (χ4v) is 3.94. The third-order valence-corrected chi connectivity index (χ3v) is 5.49. The second-order valence-electron chi connectivity index (χ2n) is 7.87. The van der Waals surface area contributed by atoms with Crippen molar-refractivity contribution in [1.29, 1.82) is 0 Å². The molecule has 2 N–H and O–H groups in total. The smallest absolute Gasteiger partial charge is 0.161 e. The van der Waals surface area contributed by atoms with Gasteiger partial charge in [0.1, 0.15) is 11.6 Å². The molecule has 0 saturated carbocycles. The number of aromatic nitrogens is 6. The van der Waals surface area contributed by atoms with Crippen LogP contribution in [0.1, 0.15) is 43.0 Å². The van der Waals surface area contributed by atoms with Crippen molar-refractivity contribution >= 4 is 11.5 Å². The van der Waals surface area contributed by atoms with E-state index in [2.05, 4.69) is 39.4 Å². The Morgan fingerprint density at radius 1 is 1.21 bits per heavy atom. The Bertz CT molecular complexity index is 1180. The van der Waals surface area contributed by atoms with Crippen LogP contribution in [0, 0.1) is 5.82 Å². The highest BCUT2D eigenvalue weighted by Crippen LogP contribution is 2.28. The van der Waals surface area contributed by atoms with E-state index in [0.717, 1.165) is 36.3 Å². The van der Waals surface area contributed by atoms with E-state index in [1.165, 1.54) is 23.5 Å². The lowest BCUT2D eigenvalue weighted by Crippen LogP contribution is -2.28. The number of aromatic amines is 1. The number of nitrogens with one attached hydrogen (secondary N) is 2. The Balaban J connectivity index is 1.58. The zero-order chi connectivity index (χ0) is 20.0. The minimum absolute atomic E-state index is 0.260. The summed E-state index contributed by atoms with van der Waals surface area (Å²) in [5, 5.41) is 15.4. The maximum absolute atomic E-state index is 13.8. The summed E-state index contributed by atoms with van der Waals surface area (Å²) in [4.78, 5) is 8.77. The molecule has 0 amide bonds. The first-order chi connectivity index (χ1) is 14.1. The zero-order valence-electron chi connectivity index (χ0n) is 16.4. The van der Waals surface area contributed by atoms with Gasteiger partial charge in [0.15, 0.2) is 5.65 Å². The second kappa shape index (κ2) is 6.95. The predicted molar refractivity (Wildman–Crippen MR) is 108 cm³/mol. The summed E-state index contributed by atoms with van der Waals surface area (Å²) in [6.45, 7) is 4.23. The maximum Gasteiger partial charge on any atom is 0.161 e. The monoisotopic (exact) mass is 391 g/mol. The average Bonchev–Trinajstić information content (AvgIpc) is 3.34. The fraction of sp³-hybridized carbons (Fsp3) is 0.333. The number of hydrogen-bond acceptors (Lipinski definition) is 5. The van der Waals surface area contributed by atoms with Gasteiger partial charge in [-0.25, -0.2) is 9.37 Å². The number of anilines is 1. The minimum Gasteiger partial charge on any atom is -0.367 e. The molecule has 8 heteroatoms. The number of hydrogen-bond donors (Lipinski definition) is 2. The van der Waals surface area contributed by atoms with Gasteiger partial charge in [-0.1, -0.05) is 13.8 Å². The van der Waals surface area contributed by atoms with Gasteiger partial charge in [-0.2, -0.15) is 14.7 Å². The topological polar surface area (TPSA) is 83.8 Å². The molecule has 1 aliphatic carbocycles. The quantitative estimate of drug-likeness (QED) is 0.554. The van der Waals surface area contributed by atoms with Crippen molar-refractivity contribution in [3.8, 4) is 11.3 Å². The molecule has 29 heavy (non-hydrogen) atoms. The van der Waals surface area contributed by atoms with E-state index < -0.39 is 0 Å². The molecule has 7 nitrogen and oxygen atoms in total. The Labute approximate surface area is 167 Å². The van der Waals surface area contributed by atoms with Gasteiger partial charge in [0.05, 0.1) is 24.3 Å². The summed E-state index contributed by atoms with van der Waals surface area (Å²) in [7, 11) is 0. The van der Waals surface area contributed by atoms with Gasteiger partial charge in [0.25, 0.3) is 0 Å². The molecule has 5 rings (SSSR count). The van der Waals surface area contributed by atoms with Crippen molar-refractivity contribution in [2.45, 2.75) is 45.1 Å². The summed E-state index contributed by atoms with van der Waals surface area (Å²) in [6.07, 6.45) is 9.44. The standard InChI is InChI=1S/C21H22FN7/c1-12(2)17-11-25-29-20(26-16-3-4-18-14(6-16)9-24-28-18)7-19(27-21(17)29)13-5-15(22)10-23-8-13/h5,7-12,16,26H,3-4,6H2,1-2H3,(H,24,28). The highest BCUT2D eigenvalue weighted by atomic mass is 19.1. The van der Waals surface area contributed by atoms with E-state index in [1.807, 2.05) is 23.0 Å². The Morgan fingerprint density at radius 3 is 2.93 bits per heavy atom. The molecule has 1 atom stereocenters. The van der Waals surface area contributed by atoms with Crippen LogP contribution in [0.4, 0.5) is 10.2 Å². The zero-order valence-corrected chi connectivity index (χ0v) is 16.4. The number of fused-ring (bicyclic) bond motifs is 2. The van der Waals surface area contributed by atoms with E-state index in [4.69, 9.17) is 4.98 Å². The summed E-state index contributed by atoms with van der Waals surface area (Å²) >= 11 is 0. The molecule has 4 aromatic rings. The fourth-order valence-electron chi connectivity index (χ4n) is 3.94. The van der Waals surface area contributed by atoms with Crippen molar-refractivity contribution in [1.82, 2.24) is 29.8 Å². The van der Waals surface area contributed by atoms with Crippen molar-refractivity contribution < 1.29 is 4.39 Å². The molecule has 0 aromatic carbocycles. The van der Waals surface area contributed by atoms with Crippen LogP contribution in [0.3, 0.4) is 0 Å². The van der Waals surface area contributed by atoms with Gasteiger partial charge in [0.2, 0.25) is 0 Å². The summed E-state index contributed by atoms with van der Waals surface area (Å²) < 4.78 is 15.6. The molecule has 0 radical (unpaired) electrons. The Morgan fingerprint density at radius 2 is 2.10 bits per heavy atom. The van der Waals surface area contributed by atoms with Crippen LogP contribution in [0.2, 0.25) is 0 Å². The van der Waals surface area contributed by atoms with Gasteiger partial charge in [0, 0.05) is 35.1 Å². The van der Waals surface area contributed by atoms with Crippen molar-refractivity contribution in [3.05, 3.63) is 59.6 Å². The molecule has 0 fully saturated rings. The van der Waals surface area contributed by atoms with Gasteiger partial charge >= 0.3 is 0 Å². The first-order valence-electron chi connectivity index (χ1n) is 9.85. The molecule has 0 spiro atoms. The van der Waals surface area contributed by atoms with E-state index in [0.29, 0.717) is 11.3 Å². The molecule has 0 bridgehead atoms. The minimum atomic E-state index is -0.379. The van der Waals surface area contributed by atoms with Gasteiger partial charge in [-0.05, 0) is 36.8 Å².